The minimum atomic E-state index is -0.908. The molecule has 7 nitrogen and oxygen atoms in total. The lowest BCUT2D eigenvalue weighted by molar-refractivity contribution is -0.140. The topological polar surface area (TPSA) is 95.9 Å². The third-order valence-corrected chi connectivity index (χ3v) is 2.88. The van der Waals surface area contributed by atoms with Gasteiger partial charge in [-0.3, -0.25) is 9.59 Å². The highest BCUT2D eigenvalue weighted by Gasteiger charge is 2.30. The second-order valence-corrected chi connectivity index (χ2v) is 4.15. The van der Waals surface area contributed by atoms with E-state index in [1.807, 2.05) is 0 Å². The van der Waals surface area contributed by atoms with Crippen LogP contribution in [0, 0.1) is 0 Å². The van der Waals surface area contributed by atoms with Crippen molar-refractivity contribution in [2.75, 3.05) is 20.2 Å². The molecule has 1 fully saturated rings. The van der Waals surface area contributed by atoms with Crippen molar-refractivity contribution in [3.63, 3.8) is 0 Å². The van der Waals surface area contributed by atoms with Gasteiger partial charge in [0.15, 0.2) is 0 Å². The summed E-state index contributed by atoms with van der Waals surface area (Å²) in [6.07, 6.45) is 1.59. The third kappa shape index (κ3) is 4.23. The van der Waals surface area contributed by atoms with Crippen LogP contribution in [0.15, 0.2) is 0 Å². The van der Waals surface area contributed by atoms with E-state index < -0.39 is 5.97 Å². The van der Waals surface area contributed by atoms with E-state index in [2.05, 4.69) is 10.1 Å². The summed E-state index contributed by atoms with van der Waals surface area (Å²) in [6.45, 7) is 0.754. The van der Waals surface area contributed by atoms with Crippen LogP contribution in [0.1, 0.15) is 25.7 Å². The monoisotopic (exact) mass is 258 g/mol. The number of amides is 2. The Morgan fingerprint density at radius 2 is 2.17 bits per heavy atom. The van der Waals surface area contributed by atoms with Crippen LogP contribution in [0.4, 0.5) is 4.79 Å². The molecule has 0 radical (unpaired) electrons. The molecule has 0 spiro atoms. The number of nitrogens with one attached hydrogen (secondary N) is 1. The Labute approximate surface area is 105 Å². The van der Waals surface area contributed by atoms with Gasteiger partial charge in [-0.2, -0.15) is 0 Å². The van der Waals surface area contributed by atoms with Gasteiger partial charge in [0.25, 0.3) is 0 Å². The van der Waals surface area contributed by atoms with Gasteiger partial charge < -0.3 is 20.1 Å². The summed E-state index contributed by atoms with van der Waals surface area (Å²) >= 11 is 0. The maximum absolute atomic E-state index is 11.8. The molecule has 1 rings (SSSR count). The standard InChI is InChI=1S/C11H18N2O5/c1-18-10(16)4-5-12-11(17)13-6-2-3-8(13)7-9(14)15/h8H,2-7H2,1H3,(H,12,17)(H,14,15). The zero-order valence-electron chi connectivity index (χ0n) is 10.3. The van der Waals surface area contributed by atoms with Crippen molar-refractivity contribution < 1.29 is 24.2 Å². The van der Waals surface area contributed by atoms with Gasteiger partial charge in [0.2, 0.25) is 0 Å². The fourth-order valence-electron chi connectivity index (χ4n) is 1.99. The third-order valence-electron chi connectivity index (χ3n) is 2.88. The van der Waals surface area contributed by atoms with E-state index in [1.165, 1.54) is 12.0 Å². The van der Waals surface area contributed by atoms with Crippen molar-refractivity contribution >= 4 is 18.0 Å². The fourth-order valence-corrected chi connectivity index (χ4v) is 1.99. The smallest absolute Gasteiger partial charge is 0.317 e. The summed E-state index contributed by atoms with van der Waals surface area (Å²) in [5.41, 5.74) is 0. The molecule has 1 aliphatic heterocycles. The average molecular weight is 258 g/mol. The number of likely N-dealkylation sites (tertiary alicyclic amines) is 1. The number of rotatable bonds is 5. The molecule has 2 amide bonds. The summed E-state index contributed by atoms with van der Waals surface area (Å²) in [4.78, 5) is 34.8. The van der Waals surface area contributed by atoms with E-state index in [9.17, 15) is 14.4 Å². The molecule has 102 valence electrons. The summed E-state index contributed by atoms with van der Waals surface area (Å²) in [6, 6.07) is -0.566. The average Bonchev–Trinajstić information content (AvgIpc) is 2.75. The van der Waals surface area contributed by atoms with Gasteiger partial charge in [-0.15, -0.1) is 0 Å². The molecule has 0 saturated carbocycles. The SMILES string of the molecule is COC(=O)CCNC(=O)N1CCCC1CC(=O)O. The quantitative estimate of drug-likeness (QED) is 0.687. The highest BCUT2D eigenvalue weighted by molar-refractivity contribution is 5.77. The van der Waals surface area contributed by atoms with Crippen LogP contribution >= 0.6 is 0 Å². The number of carboxylic acids is 1. The molecule has 0 aromatic rings. The number of hydrogen-bond acceptors (Lipinski definition) is 4. The van der Waals surface area contributed by atoms with Crippen LogP contribution in [0.3, 0.4) is 0 Å². The first-order valence-corrected chi connectivity index (χ1v) is 5.87. The van der Waals surface area contributed by atoms with Crippen LogP contribution in [0.5, 0.6) is 0 Å². The lowest BCUT2D eigenvalue weighted by Gasteiger charge is -2.23. The van der Waals surface area contributed by atoms with E-state index in [0.29, 0.717) is 13.0 Å². The summed E-state index contributed by atoms with van der Waals surface area (Å²) < 4.78 is 4.45. The largest absolute Gasteiger partial charge is 0.481 e. The van der Waals surface area contributed by atoms with Gasteiger partial charge in [-0.05, 0) is 12.8 Å². The molecule has 18 heavy (non-hydrogen) atoms. The van der Waals surface area contributed by atoms with Crippen LogP contribution in [0.2, 0.25) is 0 Å². The lowest BCUT2D eigenvalue weighted by atomic mass is 10.1. The number of aliphatic carboxylic acids is 1. The van der Waals surface area contributed by atoms with Crippen LogP contribution in [-0.4, -0.2) is 54.2 Å². The molecule has 2 N–H and O–H groups in total. The van der Waals surface area contributed by atoms with Crippen molar-refractivity contribution in [3.05, 3.63) is 0 Å². The molecule has 0 aromatic heterocycles. The minimum Gasteiger partial charge on any atom is -0.481 e. The molecule has 1 aliphatic rings. The number of esters is 1. The Hall–Kier alpha value is -1.79. The van der Waals surface area contributed by atoms with Crippen molar-refractivity contribution in [2.24, 2.45) is 0 Å². The summed E-state index contributed by atoms with van der Waals surface area (Å²) in [5, 5.41) is 11.3. The van der Waals surface area contributed by atoms with Gasteiger partial charge in [0, 0.05) is 19.1 Å². The van der Waals surface area contributed by atoms with E-state index in [0.717, 1.165) is 6.42 Å². The summed E-state index contributed by atoms with van der Waals surface area (Å²) in [5.74, 6) is -1.30. The van der Waals surface area contributed by atoms with Gasteiger partial charge in [0.05, 0.1) is 20.0 Å². The molecule has 1 atom stereocenters. The van der Waals surface area contributed by atoms with E-state index >= 15 is 0 Å². The first-order valence-electron chi connectivity index (χ1n) is 5.87. The number of carbonyl (C=O) groups excluding carboxylic acids is 2. The molecule has 1 heterocycles. The van der Waals surface area contributed by atoms with Crippen molar-refractivity contribution in [1.82, 2.24) is 10.2 Å². The van der Waals surface area contributed by atoms with E-state index in [-0.39, 0.29) is 37.4 Å². The molecular weight excluding hydrogens is 240 g/mol. The van der Waals surface area contributed by atoms with Gasteiger partial charge >= 0.3 is 18.0 Å². The maximum Gasteiger partial charge on any atom is 0.317 e. The van der Waals surface area contributed by atoms with Gasteiger partial charge in [0.1, 0.15) is 0 Å². The molecular formula is C11H18N2O5. The Balaban J connectivity index is 2.35. The van der Waals surface area contributed by atoms with Crippen LogP contribution < -0.4 is 5.32 Å². The number of ether oxygens (including phenoxy) is 1. The lowest BCUT2D eigenvalue weighted by Crippen LogP contribution is -2.44. The number of carboxylic acid groups (broad SMARTS) is 1. The van der Waals surface area contributed by atoms with Gasteiger partial charge in [-0.1, -0.05) is 0 Å². The number of urea groups is 1. The normalized spacial score (nSPS) is 18.5. The highest BCUT2D eigenvalue weighted by atomic mass is 16.5. The zero-order chi connectivity index (χ0) is 13.5. The zero-order valence-corrected chi connectivity index (χ0v) is 10.3. The molecule has 1 unspecified atom stereocenters. The second-order valence-electron chi connectivity index (χ2n) is 4.15. The maximum atomic E-state index is 11.8. The fraction of sp³-hybridized carbons (Fsp3) is 0.727. The molecule has 0 aliphatic carbocycles. The predicted molar refractivity (Wildman–Crippen MR) is 62.0 cm³/mol. The molecule has 0 bridgehead atoms. The highest BCUT2D eigenvalue weighted by Crippen LogP contribution is 2.19. The Morgan fingerprint density at radius 1 is 1.44 bits per heavy atom. The van der Waals surface area contributed by atoms with Crippen LogP contribution in [0.25, 0.3) is 0 Å². The Kier molecular flexibility index (Phi) is 5.41. The van der Waals surface area contributed by atoms with Crippen LogP contribution in [-0.2, 0) is 14.3 Å². The van der Waals surface area contributed by atoms with Gasteiger partial charge in [-0.25, -0.2) is 4.79 Å². The number of carbonyl (C=O) groups is 3. The summed E-state index contributed by atoms with van der Waals surface area (Å²) in [7, 11) is 1.29. The Morgan fingerprint density at radius 3 is 2.78 bits per heavy atom. The Bertz CT molecular complexity index is 331. The predicted octanol–water partition coefficient (Wildman–Crippen LogP) is 0.198. The van der Waals surface area contributed by atoms with Crippen molar-refractivity contribution in [1.29, 1.82) is 0 Å². The molecule has 7 heteroatoms. The first kappa shape index (κ1) is 14.3. The number of methoxy groups -OCH3 is 1. The molecule has 1 saturated heterocycles. The second kappa shape index (κ2) is 6.83. The van der Waals surface area contributed by atoms with Crippen molar-refractivity contribution in [3.8, 4) is 0 Å². The number of nitrogens with zero attached hydrogens (tertiary/aromatic N) is 1. The minimum absolute atomic E-state index is 0.0373. The van der Waals surface area contributed by atoms with Crippen molar-refractivity contribution in [2.45, 2.75) is 31.7 Å². The molecule has 0 aromatic carbocycles. The first-order chi connectivity index (χ1) is 8.54. The van der Waals surface area contributed by atoms with E-state index in [4.69, 9.17) is 5.11 Å². The van der Waals surface area contributed by atoms with E-state index in [1.54, 1.807) is 0 Å². The number of hydrogen-bond donors (Lipinski definition) is 2.